The highest BCUT2D eigenvalue weighted by Gasteiger charge is 2.26. The minimum atomic E-state index is -3.91. The molecule has 0 aliphatic rings. The van der Waals surface area contributed by atoms with Crippen LogP contribution >= 0.6 is 11.6 Å². The third-order valence-electron chi connectivity index (χ3n) is 4.86. The lowest BCUT2D eigenvalue weighted by Crippen LogP contribution is -2.31. The topological polar surface area (TPSA) is 136 Å². The zero-order valence-corrected chi connectivity index (χ0v) is 19.4. The number of carbonyl (C=O) groups excluding carboxylic acids is 1. The zero-order chi connectivity index (χ0) is 24.2. The van der Waals surface area contributed by atoms with Crippen molar-refractivity contribution in [3.05, 3.63) is 64.6 Å². The van der Waals surface area contributed by atoms with Crippen molar-refractivity contribution < 1.29 is 23.1 Å². The minimum Gasteiger partial charge on any atom is -0.507 e. The highest BCUT2D eigenvalue weighted by molar-refractivity contribution is 7.89. The molecular formula is C22H21ClN4O5S. The van der Waals surface area contributed by atoms with Gasteiger partial charge in [-0.1, -0.05) is 37.6 Å². The van der Waals surface area contributed by atoms with E-state index in [2.05, 4.69) is 9.97 Å². The molecule has 3 rings (SSSR count). The van der Waals surface area contributed by atoms with Gasteiger partial charge in [0.2, 0.25) is 10.0 Å². The number of benzene rings is 2. The summed E-state index contributed by atoms with van der Waals surface area (Å²) in [6, 6.07) is 12.7. The van der Waals surface area contributed by atoms with E-state index in [0.29, 0.717) is 11.0 Å². The lowest BCUT2D eigenvalue weighted by Gasteiger charge is -2.19. The van der Waals surface area contributed by atoms with E-state index in [-0.39, 0.29) is 40.0 Å². The Balaban J connectivity index is 1.83. The van der Waals surface area contributed by atoms with Crippen LogP contribution in [0.1, 0.15) is 30.0 Å². The van der Waals surface area contributed by atoms with E-state index >= 15 is 0 Å². The van der Waals surface area contributed by atoms with Gasteiger partial charge < -0.3 is 14.8 Å². The number of hydrogen-bond donors (Lipinski definition) is 2. The van der Waals surface area contributed by atoms with Crippen LogP contribution in [-0.4, -0.2) is 53.5 Å². The summed E-state index contributed by atoms with van der Waals surface area (Å²) >= 11 is 6.08. The van der Waals surface area contributed by atoms with E-state index in [1.807, 2.05) is 6.07 Å². The maximum absolute atomic E-state index is 12.8. The molecule has 0 spiro atoms. The number of aliphatic hydroxyl groups is 1. The number of allylic oxidation sites excluding steroid dienone is 1. The molecular weight excluding hydrogens is 468 g/mol. The fraction of sp³-hybridized carbons (Fsp3) is 0.227. The van der Waals surface area contributed by atoms with Gasteiger partial charge in [0.15, 0.2) is 11.6 Å². The molecule has 2 N–H and O–H groups in total. The number of aromatic amines is 1. The number of nitrogens with one attached hydrogen (secondary N) is 1. The Labute approximate surface area is 195 Å². The number of esters is 1. The molecule has 9 nitrogen and oxygen atoms in total. The fourth-order valence-corrected chi connectivity index (χ4v) is 5.10. The van der Waals surface area contributed by atoms with Crippen molar-refractivity contribution in [3.8, 4) is 6.07 Å². The number of halogens is 1. The van der Waals surface area contributed by atoms with E-state index in [4.69, 9.17) is 16.3 Å². The molecule has 0 amide bonds. The smallest absolute Gasteiger partial charge is 0.338 e. The summed E-state index contributed by atoms with van der Waals surface area (Å²) in [6.45, 7) is 3.25. The third-order valence-corrected chi connectivity index (χ3v) is 7.39. The lowest BCUT2D eigenvalue weighted by molar-refractivity contribution is 0.0502. The van der Waals surface area contributed by atoms with E-state index in [0.717, 1.165) is 6.07 Å². The molecule has 11 heteroatoms. The van der Waals surface area contributed by atoms with Gasteiger partial charge in [-0.05, 0) is 30.3 Å². The molecule has 0 unspecified atom stereocenters. The molecule has 3 aromatic rings. The van der Waals surface area contributed by atoms with Gasteiger partial charge in [0.1, 0.15) is 23.1 Å². The molecule has 1 heterocycles. The van der Waals surface area contributed by atoms with Gasteiger partial charge in [-0.15, -0.1) is 0 Å². The molecule has 0 fully saturated rings. The number of nitrogens with zero attached hydrogens (tertiary/aromatic N) is 3. The van der Waals surface area contributed by atoms with Crippen LogP contribution in [0.15, 0.2) is 53.1 Å². The number of H-pyrrole nitrogens is 1. The maximum atomic E-state index is 12.8. The molecule has 33 heavy (non-hydrogen) atoms. The van der Waals surface area contributed by atoms with Gasteiger partial charge in [-0.2, -0.15) is 9.57 Å². The number of aromatic nitrogens is 2. The Morgan fingerprint density at radius 1 is 1.24 bits per heavy atom. The number of imidazole rings is 1. The van der Waals surface area contributed by atoms with Crippen LogP contribution in [0.5, 0.6) is 0 Å². The number of para-hydroxylation sites is 2. The molecule has 2 aromatic carbocycles. The zero-order valence-electron chi connectivity index (χ0n) is 17.9. The van der Waals surface area contributed by atoms with Crippen LogP contribution in [0.4, 0.5) is 0 Å². The first-order chi connectivity index (χ1) is 15.7. The summed E-state index contributed by atoms with van der Waals surface area (Å²) in [5.41, 5.74) is 1.03. The molecule has 0 aliphatic carbocycles. The summed E-state index contributed by atoms with van der Waals surface area (Å²) in [4.78, 5) is 19.5. The van der Waals surface area contributed by atoms with Crippen molar-refractivity contribution >= 4 is 44.2 Å². The Kier molecular flexibility index (Phi) is 7.38. The van der Waals surface area contributed by atoms with Crippen molar-refractivity contribution in [2.24, 2.45) is 0 Å². The number of hydrogen-bond acceptors (Lipinski definition) is 7. The second-order valence-corrected chi connectivity index (χ2v) is 9.16. The molecule has 0 aliphatic heterocycles. The molecule has 1 aromatic heterocycles. The average molecular weight is 489 g/mol. The van der Waals surface area contributed by atoms with Crippen molar-refractivity contribution in [1.82, 2.24) is 14.3 Å². The van der Waals surface area contributed by atoms with Gasteiger partial charge >= 0.3 is 5.97 Å². The molecule has 0 bridgehead atoms. The van der Waals surface area contributed by atoms with E-state index in [1.165, 1.54) is 16.4 Å². The quantitative estimate of drug-likeness (QED) is 0.278. The molecule has 172 valence electrons. The van der Waals surface area contributed by atoms with Crippen LogP contribution in [0.2, 0.25) is 5.02 Å². The molecule has 0 atom stereocenters. The van der Waals surface area contributed by atoms with Crippen LogP contribution in [0, 0.1) is 11.3 Å². The normalized spacial score (nSPS) is 12.5. The largest absolute Gasteiger partial charge is 0.507 e. The second kappa shape index (κ2) is 10.0. The minimum absolute atomic E-state index is 0.0298. The summed E-state index contributed by atoms with van der Waals surface area (Å²) < 4.78 is 31.9. The SMILES string of the molecule is CCN(CC)S(=O)(=O)c1cc(C(=O)OC/C(O)=C(\C#N)c2nc3ccccc3[nH]2)ccc1Cl. The average Bonchev–Trinajstić information content (AvgIpc) is 3.22. The summed E-state index contributed by atoms with van der Waals surface area (Å²) in [5, 5.41) is 19.8. The van der Waals surface area contributed by atoms with Gasteiger partial charge in [-0.25, -0.2) is 18.2 Å². The summed E-state index contributed by atoms with van der Waals surface area (Å²) in [7, 11) is -3.91. The Bertz CT molecular complexity index is 1340. The van der Waals surface area contributed by atoms with Crippen molar-refractivity contribution in [1.29, 1.82) is 5.26 Å². The van der Waals surface area contributed by atoms with Crippen LogP contribution in [0.25, 0.3) is 16.6 Å². The standard InChI is InChI=1S/C22H21ClN4O5S/c1-3-27(4-2)33(30,31)20-11-14(9-10-16(20)23)22(29)32-13-19(28)15(12-24)21-25-17-7-5-6-8-18(17)26-21/h5-11,28H,3-4,13H2,1-2H3,(H,25,26)/b19-15-. The van der Waals surface area contributed by atoms with Gasteiger partial charge in [-0.3, -0.25) is 0 Å². The summed E-state index contributed by atoms with van der Waals surface area (Å²) in [6.07, 6.45) is 0. The van der Waals surface area contributed by atoms with Gasteiger partial charge in [0, 0.05) is 13.1 Å². The number of fused-ring (bicyclic) bond motifs is 1. The first-order valence-corrected chi connectivity index (χ1v) is 11.8. The fourth-order valence-electron chi connectivity index (χ4n) is 3.15. The van der Waals surface area contributed by atoms with Gasteiger partial charge in [0.05, 0.1) is 21.6 Å². The molecule has 0 saturated heterocycles. The van der Waals surface area contributed by atoms with E-state index in [1.54, 1.807) is 38.1 Å². The predicted octanol–water partition coefficient (Wildman–Crippen LogP) is 3.90. The van der Waals surface area contributed by atoms with E-state index in [9.17, 15) is 23.6 Å². The van der Waals surface area contributed by atoms with Gasteiger partial charge in [0.25, 0.3) is 0 Å². The number of sulfonamides is 1. The number of rotatable bonds is 8. The number of ether oxygens (including phenoxy) is 1. The number of carbonyl (C=O) groups is 1. The van der Waals surface area contributed by atoms with Crippen LogP contribution in [-0.2, 0) is 14.8 Å². The van der Waals surface area contributed by atoms with Crippen molar-refractivity contribution in [2.45, 2.75) is 18.7 Å². The number of aliphatic hydroxyl groups excluding tert-OH is 1. The predicted molar refractivity (Wildman–Crippen MR) is 123 cm³/mol. The molecule has 0 saturated carbocycles. The van der Waals surface area contributed by atoms with Crippen LogP contribution < -0.4 is 0 Å². The van der Waals surface area contributed by atoms with E-state index < -0.39 is 28.4 Å². The number of nitriles is 1. The third kappa shape index (κ3) is 5.01. The lowest BCUT2D eigenvalue weighted by atomic mass is 10.2. The first kappa shape index (κ1) is 24.3. The summed E-state index contributed by atoms with van der Waals surface area (Å²) in [5.74, 6) is -1.27. The monoisotopic (exact) mass is 488 g/mol. The second-order valence-electron chi connectivity index (χ2n) is 6.85. The first-order valence-electron chi connectivity index (χ1n) is 9.97. The van der Waals surface area contributed by atoms with Crippen LogP contribution in [0.3, 0.4) is 0 Å². The Hall–Kier alpha value is -3.39. The highest BCUT2D eigenvalue weighted by atomic mass is 35.5. The Morgan fingerprint density at radius 2 is 1.94 bits per heavy atom. The Morgan fingerprint density at radius 3 is 2.58 bits per heavy atom. The van der Waals surface area contributed by atoms with Crippen molar-refractivity contribution in [2.75, 3.05) is 19.7 Å². The molecule has 0 radical (unpaired) electrons. The maximum Gasteiger partial charge on any atom is 0.338 e. The highest BCUT2D eigenvalue weighted by Crippen LogP contribution is 2.26. The van der Waals surface area contributed by atoms with Crippen molar-refractivity contribution in [3.63, 3.8) is 0 Å².